The largest absolute Gasteiger partial charge is 0.497 e. The SMILES string of the molecule is COc1cccc(CC(=O)N2CCN(Cc3nc(C4CC4)no3)CC2)c1. The van der Waals surface area contributed by atoms with Crippen molar-refractivity contribution in [2.24, 2.45) is 0 Å². The lowest BCUT2D eigenvalue weighted by Gasteiger charge is -2.34. The summed E-state index contributed by atoms with van der Waals surface area (Å²) in [5.74, 6) is 2.99. The van der Waals surface area contributed by atoms with E-state index in [0.29, 0.717) is 24.8 Å². The summed E-state index contributed by atoms with van der Waals surface area (Å²) in [7, 11) is 1.64. The quantitative estimate of drug-likeness (QED) is 0.786. The number of hydrogen-bond donors (Lipinski definition) is 0. The van der Waals surface area contributed by atoms with Gasteiger partial charge >= 0.3 is 0 Å². The maximum atomic E-state index is 12.5. The van der Waals surface area contributed by atoms with Crippen molar-refractivity contribution in [3.63, 3.8) is 0 Å². The molecule has 0 unspecified atom stereocenters. The Hall–Kier alpha value is -2.41. The maximum absolute atomic E-state index is 12.5. The van der Waals surface area contributed by atoms with E-state index in [0.717, 1.165) is 43.3 Å². The topological polar surface area (TPSA) is 71.7 Å². The molecule has 1 saturated heterocycles. The molecule has 1 amide bonds. The van der Waals surface area contributed by atoms with Crippen LogP contribution in [0.1, 0.15) is 36.0 Å². The fraction of sp³-hybridized carbons (Fsp3) is 0.526. The molecule has 0 N–H and O–H groups in total. The first-order chi connectivity index (χ1) is 12.7. The molecule has 0 radical (unpaired) electrons. The second-order valence-corrected chi connectivity index (χ2v) is 7.01. The third kappa shape index (κ3) is 4.04. The average molecular weight is 356 g/mol. The zero-order chi connectivity index (χ0) is 17.9. The molecule has 7 nitrogen and oxygen atoms in total. The van der Waals surface area contributed by atoms with Crippen molar-refractivity contribution in [3.8, 4) is 5.75 Å². The highest BCUT2D eigenvalue weighted by molar-refractivity contribution is 5.79. The Morgan fingerprint density at radius 2 is 2.08 bits per heavy atom. The summed E-state index contributed by atoms with van der Waals surface area (Å²) >= 11 is 0. The molecule has 26 heavy (non-hydrogen) atoms. The highest BCUT2D eigenvalue weighted by Crippen LogP contribution is 2.38. The van der Waals surface area contributed by atoms with Crippen molar-refractivity contribution in [3.05, 3.63) is 41.5 Å². The van der Waals surface area contributed by atoms with Crippen molar-refractivity contribution in [2.75, 3.05) is 33.3 Å². The first-order valence-electron chi connectivity index (χ1n) is 9.17. The first kappa shape index (κ1) is 17.0. The number of hydrogen-bond acceptors (Lipinski definition) is 6. The summed E-state index contributed by atoms with van der Waals surface area (Å²) in [5, 5.41) is 4.06. The molecule has 0 atom stereocenters. The van der Waals surface area contributed by atoms with Gasteiger partial charge in [-0.3, -0.25) is 9.69 Å². The van der Waals surface area contributed by atoms with Crippen LogP contribution in [-0.4, -0.2) is 59.1 Å². The zero-order valence-electron chi connectivity index (χ0n) is 15.1. The van der Waals surface area contributed by atoms with Gasteiger partial charge in [-0.2, -0.15) is 4.98 Å². The van der Waals surface area contributed by atoms with Crippen LogP contribution in [0.3, 0.4) is 0 Å². The van der Waals surface area contributed by atoms with E-state index in [1.807, 2.05) is 29.2 Å². The van der Waals surface area contributed by atoms with E-state index >= 15 is 0 Å². The predicted molar refractivity (Wildman–Crippen MR) is 94.8 cm³/mol. The lowest BCUT2D eigenvalue weighted by atomic mass is 10.1. The number of aromatic nitrogens is 2. The average Bonchev–Trinajstić information content (AvgIpc) is 3.42. The summed E-state index contributed by atoms with van der Waals surface area (Å²) in [4.78, 5) is 21.2. The fourth-order valence-electron chi connectivity index (χ4n) is 3.26. The molecule has 2 aliphatic rings. The Balaban J connectivity index is 1.26. The standard InChI is InChI=1S/C19H24N4O3/c1-25-16-4-2-3-14(11-16)12-18(24)23-9-7-22(8-10-23)13-17-20-19(21-26-17)15-5-6-15/h2-4,11,15H,5-10,12-13H2,1H3. The van der Waals surface area contributed by atoms with Gasteiger partial charge in [-0.05, 0) is 30.5 Å². The van der Waals surface area contributed by atoms with Crippen LogP contribution in [0.15, 0.2) is 28.8 Å². The number of carbonyl (C=O) groups is 1. The van der Waals surface area contributed by atoms with Gasteiger partial charge in [-0.1, -0.05) is 17.3 Å². The van der Waals surface area contributed by atoms with E-state index in [2.05, 4.69) is 15.0 Å². The summed E-state index contributed by atoms with van der Waals surface area (Å²) in [6.45, 7) is 3.77. The van der Waals surface area contributed by atoms with Crippen molar-refractivity contribution in [1.29, 1.82) is 0 Å². The minimum atomic E-state index is 0.159. The third-order valence-electron chi connectivity index (χ3n) is 5.00. The van der Waals surface area contributed by atoms with Crippen molar-refractivity contribution in [2.45, 2.75) is 31.7 Å². The van der Waals surface area contributed by atoms with Crippen LogP contribution in [0.2, 0.25) is 0 Å². The Bertz CT molecular complexity index is 764. The normalized spacial score (nSPS) is 18.1. The van der Waals surface area contributed by atoms with Crippen LogP contribution >= 0.6 is 0 Å². The number of benzene rings is 1. The number of amides is 1. The lowest BCUT2D eigenvalue weighted by Crippen LogP contribution is -2.48. The van der Waals surface area contributed by atoms with Crippen molar-refractivity contribution < 1.29 is 14.1 Å². The molecule has 1 aliphatic carbocycles. The van der Waals surface area contributed by atoms with Gasteiger partial charge in [0.1, 0.15) is 5.75 Å². The number of carbonyl (C=O) groups excluding carboxylic acids is 1. The molecule has 1 saturated carbocycles. The van der Waals surface area contributed by atoms with Gasteiger partial charge in [0.15, 0.2) is 5.82 Å². The van der Waals surface area contributed by atoms with Gasteiger partial charge in [-0.15, -0.1) is 0 Å². The molecule has 1 aromatic carbocycles. The molecular formula is C19H24N4O3. The predicted octanol–water partition coefficient (Wildman–Crippen LogP) is 1.84. The highest BCUT2D eigenvalue weighted by atomic mass is 16.5. The second kappa shape index (κ2) is 7.45. The first-order valence-corrected chi connectivity index (χ1v) is 9.17. The molecule has 4 rings (SSSR count). The van der Waals surface area contributed by atoms with Gasteiger partial charge in [0.05, 0.1) is 20.1 Å². The molecule has 2 fully saturated rings. The highest BCUT2D eigenvalue weighted by Gasteiger charge is 2.29. The summed E-state index contributed by atoms with van der Waals surface area (Å²) in [6.07, 6.45) is 2.76. The molecule has 138 valence electrons. The summed E-state index contributed by atoms with van der Waals surface area (Å²) in [6, 6.07) is 7.68. The van der Waals surface area contributed by atoms with Gasteiger partial charge in [0.2, 0.25) is 11.8 Å². The second-order valence-electron chi connectivity index (χ2n) is 7.01. The molecule has 0 bridgehead atoms. The Morgan fingerprint density at radius 1 is 1.27 bits per heavy atom. The van der Waals surface area contributed by atoms with E-state index < -0.39 is 0 Å². The number of methoxy groups -OCH3 is 1. The molecule has 7 heteroatoms. The van der Waals surface area contributed by atoms with Crippen LogP contribution in [0, 0.1) is 0 Å². The smallest absolute Gasteiger partial charge is 0.240 e. The Kier molecular flexibility index (Phi) is 4.88. The van der Waals surface area contributed by atoms with E-state index in [4.69, 9.17) is 9.26 Å². The molecule has 1 aromatic heterocycles. The Morgan fingerprint density at radius 3 is 2.81 bits per heavy atom. The van der Waals surface area contributed by atoms with E-state index in [9.17, 15) is 4.79 Å². The van der Waals surface area contributed by atoms with Gasteiger partial charge in [0, 0.05) is 32.1 Å². The molecule has 1 aliphatic heterocycles. The monoisotopic (exact) mass is 356 g/mol. The van der Waals surface area contributed by atoms with E-state index in [1.165, 1.54) is 12.8 Å². The third-order valence-corrected chi connectivity index (χ3v) is 5.00. The van der Waals surface area contributed by atoms with Gasteiger partial charge in [-0.25, -0.2) is 0 Å². The number of nitrogens with zero attached hydrogens (tertiary/aromatic N) is 4. The van der Waals surface area contributed by atoms with E-state index in [1.54, 1.807) is 7.11 Å². The number of rotatable bonds is 6. The fourth-order valence-corrected chi connectivity index (χ4v) is 3.26. The number of ether oxygens (including phenoxy) is 1. The molecular weight excluding hydrogens is 332 g/mol. The lowest BCUT2D eigenvalue weighted by molar-refractivity contribution is -0.132. The van der Waals surface area contributed by atoms with Crippen molar-refractivity contribution >= 4 is 5.91 Å². The van der Waals surface area contributed by atoms with Crippen LogP contribution < -0.4 is 4.74 Å². The van der Waals surface area contributed by atoms with E-state index in [-0.39, 0.29) is 5.91 Å². The van der Waals surface area contributed by atoms with Gasteiger partial charge < -0.3 is 14.2 Å². The van der Waals surface area contributed by atoms with Crippen LogP contribution in [0.25, 0.3) is 0 Å². The minimum absolute atomic E-state index is 0.159. The summed E-state index contributed by atoms with van der Waals surface area (Å²) < 4.78 is 10.6. The van der Waals surface area contributed by atoms with Crippen LogP contribution in [0.4, 0.5) is 0 Å². The van der Waals surface area contributed by atoms with Crippen molar-refractivity contribution in [1.82, 2.24) is 19.9 Å². The molecule has 2 heterocycles. The van der Waals surface area contributed by atoms with Crippen LogP contribution in [-0.2, 0) is 17.8 Å². The Labute approximate surface area is 152 Å². The molecule has 0 spiro atoms. The summed E-state index contributed by atoms with van der Waals surface area (Å²) in [5.41, 5.74) is 0.982. The number of piperazine rings is 1. The van der Waals surface area contributed by atoms with Crippen LogP contribution in [0.5, 0.6) is 5.75 Å². The zero-order valence-corrected chi connectivity index (χ0v) is 15.1. The van der Waals surface area contributed by atoms with Gasteiger partial charge in [0.25, 0.3) is 0 Å². The molecule has 2 aromatic rings. The minimum Gasteiger partial charge on any atom is -0.497 e. The maximum Gasteiger partial charge on any atom is 0.240 e.